The third-order valence-electron chi connectivity index (χ3n) is 3.64. The zero-order chi connectivity index (χ0) is 17.6. The largest absolute Gasteiger partial charge is 0.493 e. The quantitative estimate of drug-likeness (QED) is 0.520. The van der Waals surface area contributed by atoms with Gasteiger partial charge in [0.2, 0.25) is 5.13 Å². The lowest BCUT2D eigenvalue weighted by Gasteiger charge is -2.09. The van der Waals surface area contributed by atoms with Crippen LogP contribution < -0.4 is 14.9 Å². The number of aromatic nitrogens is 1. The van der Waals surface area contributed by atoms with E-state index >= 15 is 0 Å². The van der Waals surface area contributed by atoms with Gasteiger partial charge < -0.3 is 9.47 Å². The predicted octanol–water partition coefficient (Wildman–Crippen LogP) is 4.58. The fraction of sp³-hybridized carbons (Fsp3) is 0.158. The van der Waals surface area contributed by atoms with Crippen LogP contribution in [0, 0.1) is 6.92 Å². The molecule has 0 atom stereocenters. The fourth-order valence-electron chi connectivity index (χ4n) is 2.48. The van der Waals surface area contributed by atoms with Crippen molar-refractivity contribution in [3.05, 3.63) is 59.0 Å². The molecule has 0 aliphatic rings. The predicted molar refractivity (Wildman–Crippen MR) is 103 cm³/mol. The first-order chi connectivity index (χ1) is 12.2. The van der Waals surface area contributed by atoms with Crippen LogP contribution in [0.15, 0.2) is 53.6 Å². The number of nitrogens with zero attached hydrogens (tertiary/aromatic N) is 2. The summed E-state index contributed by atoms with van der Waals surface area (Å²) in [5.41, 5.74) is 5.89. The first kappa shape index (κ1) is 17.0. The molecule has 0 radical (unpaired) electrons. The first-order valence-corrected chi connectivity index (χ1v) is 8.57. The average Bonchev–Trinajstić information content (AvgIpc) is 3.02. The minimum Gasteiger partial charge on any atom is -0.493 e. The Morgan fingerprint density at radius 1 is 1.04 bits per heavy atom. The molecule has 6 heteroatoms. The van der Waals surface area contributed by atoms with Gasteiger partial charge in [0.1, 0.15) is 0 Å². The van der Waals surface area contributed by atoms with Crippen molar-refractivity contribution in [3.8, 4) is 22.8 Å². The Balaban J connectivity index is 1.78. The van der Waals surface area contributed by atoms with Crippen LogP contribution in [0.25, 0.3) is 11.3 Å². The van der Waals surface area contributed by atoms with Gasteiger partial charge in [-0.3, -0.25) is 5.43 Å². The van der Waals surface area contributed by atoms with E-state index in [1.165, 1.54) is 0 Å². The van der Waals surface area contributed by atoms with Gasteiger partial charge in [0, 0.05) is 16.0 Å². The van der Waals surface area contributed by atoms with E-state index in [0.29, 0.717) is 11.5 Å². The van der Waals surface area contributed by atoms with E-state index in [1.54, 1.807) is 31.8 Å². The molecule has 1 aromatic heterocycles. The Labute approximate surface area is 151 Å². The molecule has 1 heterocycles. The lowest BCUT2D eigenvalue weighted by Crippen LogP contribution is -1.96. The highest BCUT2D eigenvalue weighted by Crippen LogP contribution is 2.31. The molecule has 0 aliphatic carbocycles. The number of hydrogen-bond donors (Lipinski definition) is 1. The Kier molecular flexibility index (Phi) is 5.30. The SMILES string of the molecule is COc1cccc(/C=N\Nc2nc(-c3ccccc3)c(C)s2)c1OC. The maximum Gasteiger partial charge on any atom is 0.204 e. The smallest absolute Gasteiger partial charge is 0.204 e. The summed E-state index contributed by atoms with van der Waals surface area (Å²) < 4.78 is 10.7. The van der Waals surface area contributed by atoms with Crippen LogP contribution in [0.2, 0.25) is 0 Å². The molecule has 0 saturated heterocycles. The van der Waals surface area contributed by atoms with Gasteiger partial charge in [-0.15, -0.1) is 11.3 Å². The topological polar surface area (TPSA) is 55.7 Å². The summed E-state index contributed by atoms with van der Waals surface area (Å²) in [6.07, 6.45) is 1.69. The van der Waals surface area contributed by atoms with Crippen molar-refractivity contribution < 1.29 is 9.47 Å². The van der Waals surface area contributed by atoms with Crippen molar-refractivity contribution in [2.45, 2.75) is 6.92 Å². The summed E-state index contributed by atoms with van der Waals surface area (Å²) in [6.45, 7) is 2.06. The highest BCUT2D eigenvalue weighted by molar-refractivity contribution is 7.15. The normalized spacial score (nSPS) is 10.8. The Hall–Kier alpha value is -2.86. The van der Waals surface area contributed by atoms with Crippen LogP contribution in [0.4, 0.5) is 5.13 Å². The third kappa shape index (κ3) is 3.80. The van der Waals surface area contributed by atoms with E-state index in [2.05, 4.69) is 34.6 Å². The second-order valence-electron chi connectivity index (χ2n) is 5.24. The molecule has 3 aromatic rings. The molecule has 0 unspecified atom stereocenters. The van der Waals surface area contributed by atoms with Gasteiger partial charge in [-0.1, -0.05) is 36.4 Å². The molecular weight excluding hydrogens is 334 g/mol. The van der Waals surface area contributed by atoms with Crippen LogP contribution in [0.1, 0.15) is 10.4 Å². The zero-order valence-electron chi connectivity index (χ0n) is 14.3. The van der Waals surface area contributed by atoms with Gasteiger partial charge >= 0.3 is 0 Å². The zero-order valence-corrected chi connectivity index (χ0v) is 15.1. The van der Waals surface area contributed by atoms with E-state index < -0.39 is 0 Å². The highest BCUT2D eigenvalue weighted by Gasteiger charge is 2.10. The van der Waals surface area contributed by atoms with Crippen molar-refractivity contribution in [2.24, 2.45) is 5.10 Å². The summed E-state index contributed by atoms with van der Waals surface area (Å²) in [5.74, 6) is 1.32. The molecule has 3 rings (SSSR count). The van der Waals surface area contributed by atoms with Gasteiger partial charge in [-0.05, 0) is 19.1 Å². The molecule has 0 bridgehead atoms. The Morgan fingerprint density at radius 2 is 1.84 bits per heavy atom. The Morgan fingerprint density at radius 3 is 2.56 bits per heavy atom. The van der Waals surface area contributed by atoms with E-state index in [0.717, 1.165) is 26.8 Å². The van der Waals surface area contributed by atoms with Crippen LogP contribution in [-0.2, 0) is 0 Å². The van der Waals surface area contributed by atoms with Crippen LogP contribution in [0.3, 0.4) is 0 Å². The molecule has 128 valence electrons. The lowest BCUT2D eigenvalue weighted by molar-refractivity contribution is 0.354. The summed E-state index contributed by atoms with van der Waals surface area (Å²) >= 11 is 1.57. The second-order valence-corrected chi connectivity index (χ2v) is 6.45. The standard InChI is InChI=1S/C19H19N3O2S/c1-13-17(14-8-5-4-6-9-14)21-19(25-13)22-20-12-15-10-7-11-16(23-2)18(15)24-3/h4-12H,1-3H3,(H,21,22)/b20-12-. The van der Waals surface area contributed by atoms with Crippen molar-refractivity contribution in [2.75, 3.05) is 19.6 Å². The van der Waals surface area contributed by atoms with Crippen LogP contribution in [-0.4, -0.2) is 25.4 Å². The molecule has 0 spiro atoms. The number of aryl methyl sites for hydroxylation is 1. The van der Waals surface area contributed by atoms with Gasteiger partial charge in [0.05, 0.1) is 26.1 Å². The number of ether oxygens (including phenoxy) is 2. The van der Waals surface area contributed by atoms with E-state index in [9.17, 15) is 0 Å². The van der Waals surface area contributed by atoms with Crippen LogP contribution >= 0.6 is 11.3 Å². The molecule has 0 aliphatic heterocycles. The van der Waals surface area contributed by atoms with E-state index in [-0.39, 0.29) is 0 Å². The summed E-state index contributed by atoms with van der Waals surface area (Å²) in [5, 5.41) is 5.03. The van der Waals surface area contributed by atoms with Crippen molar-refractivity contribution in [1.82, 2.24) is 4.98 Å². The summed E-state index contributed by atoms with van der Waals surface area (Å²) in [7, 11) is 3.22. The van der Waals surface area contributed by atoms with Crippen molar-refractivity contribution in [3.63, 3.8) is 0 Å². The summed E-state index contributed by atoms with van der Waals surface area (Å²) in [6, 6.07) is 15.8. The Bertz CT molecular complexity index is 876. The van der Waals surface area contributed by atoms with Crippen molar-refractivity contribution in [1.29, 1.82) is 0 Å². The van der Waals surface area contributed by atoms with Gasteiger partial charge in [-0.2, -0.15) is 5.10 Å². The van der Waals surface area contributed by atoms with Gasteiger partial charge in [0.15, 0.2) is 11.5 Å². The fourth-order valence-corrected chi connectivity index (χ4v) is 3.26. The monoisotopic (exact) mass is 353 g/mol. The summed E-state index contributed by atoms with van der Waals surface area (Å²) in [4.78, 5) is 5.77. The molecule has 0 amide bonds. The minimum atomic E-state index is 0.649. The molecular formula is C19H19N3O2S. The maximum absolute atomic E-state index is 5.39. The molecule has 0 saturated carbocycles. The molecule has 25 heavy (non-hydrogen) atoms. The number of nitrogens with one attached hydrogen (secondary N) is 1. The molecule has 1 N–H and O–H groups in total. The number of rotatable bonds is 6. The maximum atomic E-state index is 5.39. The van der Waals surface area contributed by atoms with E-state index in [4.69, 9.17) is 9.47 Å². The number of hydrogen-bond acceptors (Lipinski definition) is 6. The lowest BCUT2D eigenvalue weighted by atomic mass is 10.1. The number of hydrazone groups is 1. The highest BCUT2D eigenvalue weighted by atomic mass is 32.1. The number of benzene rings is 2. The first-order valence-electron chi connectivity index (χ1n) is 7.76. The number of methoxy groups -OCH3 is 2. The van der Waals surface area contributed by atoms with Crippen LogP contribution in [0.5, 0.6) is 11.5 Å². The van der Waals surface area contributed by atoms with Crippen molar-refractivity contribution >= 4 is 22.7 Å². The van der Waals surface area contributed by atoms with Gasteiger partial charge in [0.25, 0.3) is 0 Å². The number of anilines is 1. The second kappa shape index (κ2) is 7.81. The number of thiazole rings is 1. The average molecular weight is 353 g/mol. The van der Waals surface area contributed by atoms with Gasteiger partial charge in [-0.25, -0.2) is 4.98 Å². The van der Waals surface area contributed by atoms with E-state index in [1.807, 2.05) is 36.4 Å². The molecule has 2 aromatic carbocycles. The molecule has 0 fully saturated rings. The molecule has 5 nitrogen and oxygen atoms in total. The third-order valence-corrected chi connectivity index (χ3v) is 4.52. The number of para-hydroxylation sites is 1. The minimum absolute atomic E-state index is 0.649.